The first-order valence-corrected chi connectivity index (χ1v) is 4.63. The molecule has 2 N–H and O–H groups in total. The van der Waals surface area contributed by atoms with Gasteiger partial charge in [-0.3, -0.25) is 14.2 Å². The topological polar surface area (TPSA) is 79.5 Å². The molecule has 0 atom stereocenters. The van der Waals surface area contributed by atoms with E-state index >= 15 is 0 Å². The molecule has 0 unspecified atom stereocenters. The van der Waals surface area contributed by atoms with Crippen molar-refractivity contribution in [3.63, 3.8) is 0 Å². The van der Waals surface area contributed by atoms with Gasteiger partial charge in [-0.15, -0.1) is 0 Å². The fourth-order valence-electron chi connectivity index (χ4n) is 1.58. The minimum atomic E-state index is -1.17. The minimum Gasteiger partial charge on any atom is -0.494 e. The Labute approximate surface area is 90.2 Å². The Hall–Kier alpha value is -2.30. The van der Waals surface area contributed by atoms with Crippen molar-refractivity contribution < 1.29 is 15.0 Å². The Kier molecular flexibility index (Phi) is 2.36. The van der Waals surface area contributed by atoms with Gasteiger partial charge in [0.1, 0.15) is 6.54 Å². The van der Waals surface area contributed by atoms with E-state index in [-0.39, 0.29) is 5.88 Å². The normalized spacial score (nSPS) is 10.5. The van der Waals surface area contributed by atoms with Crippen LogP contribution in [0.1, 0.15) is 0 Å². The SMILES string of the molecule is O=C(O)Cn1c(O)c2ccccc2cc1=O. The molecule has 2 aromatic rings. The highest BCUT2D eigenvalue weighted by atomic mass is 16.4. The van der Waals surface area contributed by atoms with Gasteiger partial charge in [-0.25, -0.2) is 0 Å². The predicted molar refractivity (Wildman–Crippen MR) is 57.5 cm³/mol. The van der Waals surface area contributed by atoms with E-state index in [0.29, 0.717) is 10.8 Å². The van der Waals surface area contributed by atoms with Crippen LogP contribution in [0.25, 0.3) is 10.8 Å². The standard InChI is InChI=1S/C11H9NO4/c13-9-5-7-3-1-2-4-8(7)11(16)12(9)6-10(14)15/h1-5,16H,6H2,(H,14,15). The monoisotopic (exact) mass is 219 g/mol. The average Bonchev–Trinajstić information content (AvgIpc) is 2.24. The van der Waals surface area contributed by atoms with E-state index in [0.717, 1.165) is 4.57 Å². The Bertz CT molecular complexity index is 615. The number of pyridine rings is 1. The van der Waals surface area contributed by atoms with Crippen molar-refractivity contribution in [3.8, 4) is 5.88 Å². The predicted octanol–water partition coefficient (Wildman–Crippen LogP) is 0.792. The third-order valence-corrected chi connectivity index (χ3v) is 2.30. The summed E-state index contributed by atoms with van der Waals surface area (Å²) in [7, 11) is 0. The quantitative estimate of drug-likeness (QED) is 0.782. The maximum absolute atomic E-state index is 11.5. The molecule has 2 rings (SSSR count). The summed E-state index contributed by atoms with van der Waals surface area (Å²) in [6, 6.07) is 8.06. The van der Waals surface area contributed by atoms with Gasteiger partial charge < -0.3 is 10.2 Å². The first-order chi connectivity index (χ1) is 7.59. The molecule has 1 heterocycles. The van der Waals surface area contributed by atoms with Crippen LogP contribution in [0.2, 0.25) is 0 Å². The number of hydrogen-bond acceptors (Lipinski definition) is 3. The highest BCUT2D eigenvalue weighted by molar-refractivity contribution is 5.86. The zero-order valence-corrected chi connectivity index (χ0v) is 8.25. The molecule has 0 aliphatic heterocycles. The van der Waals surface area contributed by atoms with E-state index in [9.17, 15) is 14.7 Å². The van der Waals surface area contributed by atoms with Gasteiger partial charge >= 0.3 is 5.97 Å². The van der Waals surface area contributed by atoms with Crippen LogP contribution in [0.3, 0.4) is 0 Å². The molecule has 0 saturated heterocycles. The molecule has 0 fully saturated rings. The molecule has 0 radical (unpaired) electrons. The van der Waals surface area contributed by atoms with Crippen LogP contribution >= 0.6 is 0 Å². The third-order valence-electron chi connectivity index (χ3n) is 2.30. The van der Waals surface area contributed by atoms with Crippen molar-refractivity contribution in [1.82, 2.24) is 4.57 Å². The molecule has 0 spiro atoms. The Morgan fingerprint density at radius 3 is 2.69 bits per heavy atom. The molecule has 1 aromatic carbocycles. The van der Waals surface area contributed by atoms with Crippen LogP contribution in [0.5, 0.6) is 5.88 Å². The second kappa shape index (κ2) is 3.69. The lowest BCUT2D eigenvalue weighted by molar-refractivity contribution is -0.137. The molecule has 16 heavy (non-hydrogen) atoms. The summed E-state index contributed by atoms with van der Waals surface area (Å²) >= 11 is 0. The molecular formula is C11H9NO4. The van der Waals surface area contributed by atoms with Gasteiger partial charge in [0.05, 0.1) is 0 Å². The number of aliphatic carboxylic acids is 1. The first kappa shape index (κ1) is 10.2. The number of rotatable bonds is 2. The summed E-state index contributed by atoms with van der Waals surface area (Å²) in [5, 5.41) is 19.4. The number of aromatic hydroxyl groups is 1. The molecule has 0 aliphatic rings. The number of hydrogen-bond donors (Lipinski definition) is 2. The first-order valence-electron chi connectivity index (χ1n) is 4.63. The fraction of sp³-hybridized carbons (Fsp3) is 0.0909. The Balaban J connectivity index is 2.75. The summed E-state index contributed by atoms with van der Waals surface area (Å²) in [4.78, 5) is 22.1. The number of nitrogens with zero attached hydrogens (tertiary/aromatic N) is 1. The zero-order chi connectivity index (χ0) is 11.7. The summed E-state index contributed by atoms with van der Waals surface area (Å²) in [5.41, 5.74) is -0.529. The van der Waals surface area contributed by atoms with Gasteiger partial charge in [0, 0.05) is 11.5 Å². The number of carboxylic acid groups (broad SMARTS) is 1. The largest absolute Gasteiger partial charge is 0.494 e. The van der Waals surface area contributed by atoms with Crippen LogP contribution in [0, 0.1) is 0 Å². The van der Waals surface area contributed by atoms with E-state index < -0.39 is 18.1 Å². The Morgan fingerprint density at radius 1 is 1.31 bits per heavy atom. The fourth-order valence-corrected chi connectivity index (χ4v) is 1.58. The van der Waals surface area contributed by atoms with Gasteiger partial charge in [-0.05, 0) is 11.5 Å². The third kappa shape index (κ3) is 1.63. The number of carboxylic acids is 1. The lowest BCUT2D eigenvalue weighted by Gasteiger charge is -2.08. The smallest absolute Gasteiger partial charge is 0.323 e. The second-order valence-corrected chi connectivity index (χ2v) is 3.37. The summed E-state index contributed by atoms with van der Waals surface area (Å²) in [6.07, 6.45) is 0. The van der Waals surface area contributed by atoms with Gasteiger partial charge in [-0.2, -0.15) is 0 Å². The molecular weight excluding hydrogens is 210 g/mol. The highest BCUT2D eigenvalue weighted by Gasteiger charge is 2.10. The Morgan fingerprint density at radius 2 is 2.00 bits per heavy atom. The zero-order valence-electron chi connectivity index (χ0n) is 8.25. The molecule has 1 aromatic heterocycles. The van der Waals surface area contributed by atoms with Gasteiger partial charge in [-0.1, -0.05) is 18.2 Å². The average molecular weight is 219 g/mol. The van der Waals surface area contributed by atoms with Crippen molar-refractivity contribution in [2.75, 3.05) is 0 Å². The van der Waals surface area contributed by atoms with E-state index in [2.05, 4.69) is 0 Å². The van der Waals surface area contributed by atoms with Crippen LogP contribution < -0.4 is 5.56 Å². The molecule has 82 valence electrons. The lowest BCUT2D eigenvalue weighted by atomic mass is 10.1. The van der Waals surface area contributed by atoms with E-state index in [1.165, 1.54) is 6.07 Å². The van der Waals surface area contributed by atoms with Crippen LogP contribution in [-0.4, -0.2) is 20.7 Å². The van der Waals surface area contributed by atoms with Gasteiger partial charge in [0.25, 0.3) is 5.56 Å². The maximum atomic E-state index is 11.5. The maximum Gasteiger partial charge on any atom is 0.323 e. The van der Waals surface area contributed by atoms with E-state index in [1.54, 1.807) is 24.3 Å². The van der Waals surface area contributed by atoms with Crippen molar-refractivity contribution in [3.05, 3.63) is 40.7 Å². The number of carbonyl (C=O) groups is 1. The van der Waals surface area contributed by atoms with Crippen molar-refractivity contribution in [2.24, 2.45) is 0 Å². The highest BCUT2D eigenvalue weighted by Crippen LogP contribution is 2.21. The molecule has 0 saturated carbocycles. The molecule has 5 nitrogen and oxygen atoms in total. The van der Waals surface area contributed by atoms with Crippen molar-refractivity contribution in [2.45, 2.75) is 6.54 Å². The van der Waals surface area contributed by atoms with E-state index in [4.69, 9.17) is 5.11 Å². The van der Waals surface area contributed by atoms with Crippen molar-refractivity contribution in [1.29, 1.82) is 0 Å². The van der Waals surface area contributed by atoms with Crippen LogP contribution in [0.15, 0.2) is 35.1 Å². The summed E-state index contributed by atoms with van der Waals surface area (Å²) in [6.45, 7) is -0.546. The molecule has 5 heteroatoms. The number of fused-ring (bicyclic) bond motifs is 1. The van der Waals surface area contributed by atoms with Crippen LogP contribution in [0.4, 0.5) is 0 Å². The molecule has 0 amide bonds. The number of aromatic nitrogens is 1. The van der Waals surface area contributed by atoms with Crippen LogP contribution in [-0.2, 0) is 11.3 Å². The lowest BCUT2D eigenvalue weighted by Crippen LogP contribution is -2.23. The van der Waals surface area contributed by atoms with Crippen molar-refractivity contribution >= 4 is 16.7 Å². The van der Waals surface area contributed by atoms with Gasteiger partial charge in [0.2, 0.25) is 5.88 Å². The second-order valence-electron chi connectivity index (χ2n) is 3.37. The number of benzene rings is 1. The van der Waals surface area contributed by atoms with Gasteiger partial charge in [0.15, 0.2) is 0 Å². The summed E-state index contributed by atoms with van der Waals surface area (Å²) < 4.78 is 0.824. The summed E-state index contributed by atoms with van der Waals surface area (Å²) in [5.74, 6) is -1.49. The van der Waals surface area contributed by atoms with E-state index in [1.807, 2.05) is 0 Å². The molecule has 0 bridgehead atoms. The molecule has 0 aliphatic carbocycles. The minimum absolute atomic E-state index is 0.314.